The van der Waals surface area contributed by atoms with Crippen LogP contribution < -0.4 is 5.73 Å². The molecular weight excluding hydrogens is 190 g/mol. The molecule has 0 aliphatic rings. The van der Waals surface area contributed by atoms with Crippen molar-refractivity contribution in [2.24, 2.45) is 5.73 Å². The third kappa shape index (κ3) is 2.53. The highest BCUT2D eigenvalue weighted by Crippen LogP contribution is 2.03. The van der Waals surface area contributed by atoms with Gasteiger partial charge < -0.3 is 15.2 Å². The SMILES string of the molecule is CCOC(=O)C(N)(C=O)C(=O)OCC. The molecule has 0 rings (SSSR count). The van der Waals surface area contributed by atoms with E-state index in [1.54, 1.807) is 0 Å². The van der Waals surface area contributed by atoms with E-state index in [2.05, 4.69) is 9.47 Å². The number of hydrogen-bond acceptors (Lipinski definition) is 6. The van der Waals surface area contributed by atoms with Crippen molar-refractivity contribution in [3.05, 3.63) is 0 Å². The molecule has 0 bridgehead atoms. The number of hydrogen-bond donors (Lipinski definition) is 1. The van der Waals surface area contributed by atoms with E-state index in [0.717, 1.165) is 0 Å². The predicted octanol–water partition coefficient (Wildman–Crippen LogP) is -0.991. The summed E-state index contributed by atoms with van der Waals surface area (Å²) in [6, 6.07) is 0. The van der Waals surface area contributed by atoms with Crippen molar-refractivity contribution in [3.8, 4) is 0 Å². The highest BCUT2D eigenvalue weighted by Gasteiger charge is 2.45. The number of aldehydes is 1. The van der Waals surface area contributed by atoms with Crippen molar-refractivity contribution in [2.75, 3.05) is 13.2 Å². The first-order chi connectivity index (χ1) is 6.52. The second kappa shape index (κ2) is 5.33. The summed E-state index contributed by atoms with van der Waals surface area (Å²) in [4.78, 5) is 32.8. The number of carbonyl (C=O) groups excluding carboxylic acids is 3. The van der Waals surface area contributed by atoms with Gasteiger partial charge in [0.2, 0.25) is 0 Å². The van der Waals surface area contributed by atoms with E-state index in [-0.39, 0.29) is 19.5 Å². The molecule has 80 valence electrons. The minimum atomic E-state index is -2.34. The molecular formula is C8H13NO5. The van der Waals surface area contributed by atoms with Gasteiger partial charge in [-0.3, -0.25) is 4.79 Å². The van der Waals surface area contributed by atoms with Gasteiger partial charge in [-0.2, -0.15) is 0 Å². The molecule has 0 atom stereocenters. The molecule has 14 heavy (non-hydrogen) atoms. The zero-order valence-corrected chi connectivity index (χ0v) is 8.11. The first-order valence-electron chi connectivity index (χ1n) is 4.12. The molecule has 0 amide bonds. The highest BCUT2D eigenvalue weighted by atomic mass is 16.6. The number of ether oxygens (including phenoxy) is 2. The number of rotatable bonds is 5. The van der Waals surface area contributed by atoms with Crippen molar-refractivity contribution in [1.29, 1.82) is 0 Å². The van der Waals surface area contributed by atoms with Gasteiger partial charge in [0, 0.05) is 0 Å². The third-order valence-electron chi connectivity index (χ3n) is 1.41. The van der Waals surface area contributed by atoms with Gasteiger partial charge in [0.05, 0.1) is 13.2 Å². The van der Waals surface area contributed by atoms with Gasteiger partial charge in [-0.05, 0) is 13.8 Å². The van der Waals surface area contributed by atoms with Gasteiger partial charge in [0.25, 0.3) is 5.54 Å². The van der Waals surface area contributed by atoms with Crippen LogP contribution in [0.4, 0.5) is 0 Å². The van der Waals surface area contributed by atoms with Crippen LogP contribution >= 0.6 is 0 Å². The lowest BCUT2D eigenvalue weighted by Crippen LogP contribution is -2.58. The standard InChI is InChI=1S/C8H13NO5/c1-3-13-6(11)8(9,5-10)7(12)14-4-2/h5H,3-4,9H2,1-2H3. The summed E-state index contributed by atoms with van der Waals surface area (Å²) in [5, 5.41) is 0. The van der Waals surface area contributed by atoms with E-state index < -0.39 is 17.5 Å². The molecule has 0 radical (unpaired) electrons. The number of carbonyl (C=O) groups is 3. The number of nitrogens with two attached hydrogens (primary N) is 1. The largest absolute Gasteiger partial charge is 0.464 e. The summed E-state index contributed by atoms with van der Waals surface area (Å²) >= 11 is 0. The Kier molecular flexibility index (Phi) is 4.79. The van der Waals surface area contributed by atoms with Gasteiger partial charge in [-0.1, -0.05) is 0 Å². The van der Waals surface area contributed by atoms with Crippen LogP contribution in [-0.4, -0.2) is 37.0 Å². The monoisotopic (exact) mass is 203 g/mol. The second-order valence-electron chi connectivity index (χ2n) is 2.43. The van der Waals surface area contributed by atoms with Gasteiger partial charge >= 0.3 is 11.9 Å². The average molecular weight is 203 g/mol. The summed E-state index contributed by atoms with van der Waals surface area (Å²) < 4.78 is 8.94. The van der Waals surface area contributed by atoms with E-state index in [0.29, 0.717) is 0 Å². The van der Waals surface area contributed by atoms with E-state index in [1.165, 1.54) is 13.8 Å². The van der Waals surface area contributed by atoms with Crippen LogP contribution in [0, 0.1) is 0 Å². The summed E-state index contributed by atoms with van der Waals surface area (Å²) in [6.45, 7) is 3.14. The Labute approximate surface area is 81.3 Å². The second-order valence-corrected chi connectivity index (χ2v) is 2.43. The molecule has 0 aliphatic heterocycles. The van der Waals surface area contributed by atoms with Crippen LogP contribution in [0.3, 0.4) is 0 Å². The average Bonchev–Trinajstić information content (AvgIpc) is 2.17. The molecule has 0 aromatic carbocycles. The van der Waals surface area contributed by atoms with Crippen LogP contribution in [-0.2, 0) is 23.9 Å². The van der Waals surface area contributed by atoms with E-state index >= 15 is 0 Å². The molecule has 0 aromatic rings. The van der Waals surface area contributed by atoms with E-state index in [4.69, 9.17) is 5.73 Å². The van der Waals surface area contributed by atoms with Crippen LogP contribution in [0.2, 0.25) is 0 Å². The van der Waals surface area contributed by atoms with Crippen LogP contribution in [0.5, 0.6) is 0 Å². The summed E-state index contributed by atoms with van der Waals surface area (Å²) in [5.41, 5.74) is 2.90. The Morgan fingerprint density at radius 2 is 1.57 bits per heavy atom. The van der Waals surface area contributed by atoms with Crippen molar-refractivity contribution in [3.63, 3.8) is 0 Å². The summed E-state index contributed by atoms with van der Waals surface area (Å²) in [5.74, 6) is -2.21. The zero-order valence-electron chi connectivity index (χ0n) is 8.11. The Hall–Kier alpha value is -1.43. The summed E-state index contributed by atoms with van der Waals surface area (Å²) in [7, 11) is 0. The van der Waals surface area contributed by atoms with Crippen LogP contribution in [0.25, 0.3) is 0 Å². The van der Waals surface area contributed by atoms with Crippen molar-refractivity contribution in [2.45, 2.75) is 19.4 Å². The fourth-order valence-corrected chi connectivity index (χ4v) is 0.681. The smallest absolute Gasteiger partial charge is 0.345 e. The number of esters is 2. The predicted molar refractivity (Wildman–Crippen MR) is 46.2 cm³/mol. The topological polar surface area (TPSA) is 95.7 Å². The first-order valence-corrected chi connectivity index (χ1v) is 4.12. The lowest BCUT2D eigenvalue weighted by Gasteiger charge is -2.18. The molecule has 2 N–H and O–H groups in total. The fraction of sp³-hybridized carbons (Fsp3) is 0.625. The van der Waals surface area contributed by atoms with E-state index in [9.17, 15) is 14.4 Å². The first kappa shape index (κ1) is 12.6. The van der Waals surface area contributed by atoms with Gasteiger partial charge in [0.15, 0.2) is 6.29 Å². The van der Waals surface area contributed by atoms with E-state index in [1.807, 2.05) is 0 Å². The Morgan fingerprint density at radius 3 is 1.79 bits per heavy atom. The Balaban J connectivity index is 4.69. The molecule has 0 saturated heterocycles. The molecule has 0 aromatic heterocycles. The summed E-state index contributed by atoms with van der Waals surface area (Å²) in [6.07, 6.45) is 0.0169. The molecule has 0 saturated carbocycles. The van der Waals surface area contributed by atoms with Crippen molar-refractivity contribution >= 4 is 18.2 Å². The molecule has 0 spiro atoms. The highest BCUT2D eigenvalue weighted by molar-refractivity contribution is 6.18. The van der Waals surface area contributed by atoms with Crippen molar-refractivity contribution in [1.82, 2.24) is 0 Å². The maximum Gasteiger partial charge on any atom is 0.345 e. The fourth-order valence-electron chi connectivity index (χ4n) is 0.681. The van der Waals surface area contributed by atoms with Gasteiger partial charge in [0.1, 0.15) is 0 Å². The van der Waals surface area contributed by atoms with Crippen LogP contribution in [0.15, 0.2) is 0 Å². The molecule has 6 nitrogen and oxygen atoms in total. The molecule has 0 heterocycles. The minimum absolute atomic E-state index is 0.0169. The Bertz CT molecular complexity index is 220. The van der Waals surface area contributed by atoms with Gasteiger partial charge in [-0.15, -0.1) is 0 Å². The quantitative estimate of drug-likeness (QED) is 0.350. The maximum atomic E-state index is 11.1. The normalized spacial score (nSPS) is 10.5. The molecule has 0 aliphatic carbocycles. The van der Waals surface area contributed by atoms with Gasteiger partial charge in [-0.25, -0.2) is 9.59 Å². The lowest BCUT2D eigenvalue weighted by atomic mass is 10.0. The molecule has 0 unspecified atom stereocenters. The maximum absolute atomic E-state index is 11.1. The Morgan fingerprint density at radius 1 is 1.21 bits per heavy atom. The van der Waals surface area contributed by atoms with Crippen LogP contribution in [0.1, 0.15) is 13.8 Å². The van der Waals surface area contributed by atoms with Crippen molar-refractivity contribution < 1.29 is 23.9 Å². The molecule has 0 fully saturated rings. The minimum Gasteiger partial charge on any atom is -0.464 e. The lowest BCUT2D eigenvalue weighted by molar-refractivity contribution is -0.164. The molecule has 6 heteroatoms. The third-order valence-corrected chi connectivity index (χ3v) is 1.41. The zero-order chi connectivity index (χ0) is 11.2.